The number of pyridine rings is 1. The van der Waals surface area contributed by atoms with Gasteiger partial charge in [0.1, 0.15) is 0 Å². The predicted octanol–water partition coefficient (Wildman–Crippen LogP) is 3.27. The van der Waals surface area contributed by atoms with Crippen molar-refractivity contribution in [3.8, 4) is 0 Å². The van der Waals surface area contributed by atoms with Crippen molar-refractivity contribution in [2.24, 2.45) is 5.73 Å². The normalized spacial score (nSPS) is 21.0. The summed E-state index contributed by atoms with van der Waals surface area (Å²) in [4.78, 5) is 16.3. The third-order valence-corrected chi connectivity index (χ3v) is 5.62. The molecule has 5 nitrogen and oxygen atoms in total. The minimum atomic E-state index is -0.469. The number of primary amides is 1. The molecular weight excluding hydrogens is 336 g/mol. The molecule has 3 aromatic rings. The smallest absolute Gasteiger partial charge is 0.269 e. The fraction of sp³-hybridized carbons (Fsp3) is 0.227. The zero-order chi connectivity index (χ0) is 18.4. The van der Waals surface area contributed by atoms with E-state index in [-0.39, 0.29) is 5.41 Å². The van der Waals surface area contributed by atoms with Gasteiger partial charge in [-0.3, -0.25) is 14.5 Å². The van der Waals surface area contributed by atoms with Crippen molar-refractivity contribution in [2.45, 2.75) is 30.7 Å². The molecule has 0 radical (unpaired) electrons. The predicted molar refractivity (Wildman–Crippen MR) is 103 cm³/mol. The highest BCUT2D eigenvalue weighted by molar-refractivity contribution is 5.95. The number of hydrogen-bond acceptors (Lipinski definition) is 3. The lowest BCUT2D eigenvalue weighted by molar-refractivity contribution is 0.0994. The summed E-state index contributed by atoms with van der Waals surface area (Å²) in [6, 6.07) is 14.9. The molecule has 2 N–H and O–H groups in total. The standard InChI is InChI=1S/C22H20N4O/c23-21(27)20-18-10-11-22(15-5-2-1-3-6-15,16-7-4-12-24-14-16)13-19(18)26(25-20)17-8-9-17/h1-7,10-12,14,17H,8-9,13H2,(H2,23,27). The molecule has 1 saturated carbocycles. The van der Waals surface area contributed by atoms with Gasteiger partial charge in [0.2, 0.25) is 0 Å². The van der Waals surface area contributed by atoms with Crippen molar-refractivity contribution in [3.63, 3.8) is 0 Å². The first-order valence-electron chi connectivity index (χ1n) is 9.25. The molecule has 2 aromatic heterocycles. The van der Waals surface area contributed by atoms with E-state index in [4.69, 9.17) is 5.73 Å². The summed E-state index contributed by atoms with van der Waals surface area (Å²) >= 11 is 0. The van der Waals surface area contributed by atoms with E-state index in [9.17, 15) is 4.79 Å². The fourth-order valence-electron chi connectivity index (χ4n) is 4.11. The number of allylic oxidation sites excluding steroid dienone is 1. The molecule has 2 heterocycles. The Bertz CT molecular complexity index is 993. The van der Waals surface area contributed by atoms with Crippen molar-refractivity contribution in [1.29, 1.82) is 0 Å². The molecule has 5 heteroatoms. The molecule has 1 unspecified atom stereocenters. The molecule has 2 aliphatic rings. The molecule has 1 aromatic carbocycles. The van der Waals surface area contributed by atoms with Crippen molar-refractivity contribution in [2.75, 3.05) is 0 Å². The van der Waals surface area contributed by atoms with Gasteiger partial charge in [-0.2, -0.15) is 5.10 Å². The van der Waals surface area contributed by atoms with E-state index < -0.39 is 5.91 Å². The van der Waals surface area contributed by atoms with Gasteiger partial charge in [0.05, 0.1) is 6.04 Å². The average Bonchev–Trinajstić information content (AvgIpc) is 3.49. The first-order valence-corrected chi connectivity index (χ1v) is 9.25. The Balaban J connectivity index is 1.73. The summed E-state index contributed by atoms with van der Waals surface area (Å²) in [5.41, 5.74) is 9.91. The van der Waals surface area contributed by atoms with Crippen molar-refractivity contribution < 1.29 is 4.79 Å². The molecule has 0 saturated heterocycles. The highest BCUT2D eigenvalue weighted by atomic mass is 16.1. The van der Waals surface area contributed by atoms with Crippen LogP contribution in [0.1, 0.15) is 51.8 Å². The summed E-state index contributed by atoms with van der Waals surface area (Å²) in [6.45, 7) is 0. The first kappa shape index (κ1) is 16.0. The molecule has 0 bridgehead atoms. The van der Waals surface area contributed by atoms with Crippen molar-refractivity contribution >= 4 is 12.0 Å². The van der Waals surface area contributed by atoms with Crippen LogP contribution in [-0.2, 0) is 11.8 Å². The number of carbonyl (C=O) groups is 1. The van der Waals surface area contributed by atoms with Gasteiger partial charge in [-0.05, 0) is 30.0 Å². The number of benzene rings is 1. The van der Waals surface area contributed by atoms with Gasteiger partial charge in [0, 0.05) is 35.5 Å². The van der Waals surface area contributed by atoms with Crippen LogP contribution >= 0.6 is 0 Å². The van der Waals surface area contributed by atoms with Crippen LogP contribution in [0.4, 0.5) is 0 Å². The van der Waals surface area contributed by atoms with Crippen LogP contribution in [0.15, 0.2) is 60.9 Å². The SMILES string of the molecule is NC(=O)c1nn(C2CC2)c2c1C=CC(c1ccccc1)(c1cccnc1)C2. The summed E-state index contributed by atoms with van der Waals surface area (Å²) in [7, 11) is 0. The average molecular weight is 356 g/mol. The second-order valence-corrected chi connectivity index (χ2v) is 7.34. The van der Waals surface area contributed by atoms with Crippen LogP contribution in [0.25, 0.3) is 6.08 Å². The zero-order valence-corrected chi connectivity index (χ0v) is 14.9. The summed E-state index contributed by atoms with van der Waals surface area (Å²) in [5, 5.41) is 4.58. The van der Waals surface area contributed by atoms with Gasteiger partial charge in [0.25, 0.3) is 5.91 Å². The summed E-state index contributed by atoms with van der Waals surface area (Å²) in [6.07, 6.45) is 10.8. The maximum Gasteiger partial charge on any atom is 0.269 e. The van der Waals surface area contributed by atoms with Crippen LogP contribution in [0.5, 0.6) is 0 Å². The van der Waals surface area contributed by atoms with E-state index in [2.05, 4.69) is 46.5 Å². The van der Waals surface area contributed by atoms with E-state index in [0.29, 0.717) is 11.7 Å². The molecule has 1 amide bonds. The monoisotopic (exact) mass is 356 g/mol. The lowest BCUT2D eigenvalue weighted by atomic mass is 9.69. The fourth-order valence-corrected chi connectivity index (χ4v) is 4.11. The highest BCUT2D eigenvalue weighted by Gasteiger charge is 2.40. The van der Waals surface area contributed by atoms with Gasteiger partial charge in [-0.1, -0.05) is 48.6 Å². The molecule has 1 fully saturated rings. The highest BCUT2D eigenvalue weighted by Crippen LogP contribution is 2.45. The Morgan fingerprint density at radius 1 is 1.11 bits per heavy atom. The van der Waals surface area contributed by atoms with E-state index in [1.54, 1.807) is 6.20 Å². The molecule has 2 aliphatic carbocycles. The molecule has 0 aliphatic heterocycles. The number of nitrogens with zero attached hydrogens (tertiary/aromatic N) is 3. The Morgan fingerprint density at radius 2 is 1.89 bits per heavy atom. The van der Waals surface area contributed by atoms with Crippen LogP contribution in [0, 0.1) is 0 Å². The molecule has 0 spiro atoms. The molecular formula is C22H20N4O. The largest absolute Gasteiger partial charge is 0.364 e. The van der Waals surface area contributed by atoms with Gasteiger partial charge >= 0.3 is 0 Å². The minimum Gasteiger partial charge on any atom is -0.364 e. The number of rotatable bonds is 4. The van der Waals surface area contributed by atoms with E-state index in [1.807, 2.05) is 29.1 Å². The van der Waals surface area contributed by atoms with E-state index >= 15 is 0 Å². The van der Waals surface area contributed by atoms with Gasteiger partial charge in [-0.15, -0.1) is 0 Å². The summed E-state index contributed by atoms with van der Waals surface area (Å²) in [5.74, 6) is -0.469. The van der Waals surface area contributed by atoms with Crippen LogP contribution in [0.3, 0.4) is 0 Å². The maximum absolute atomic E-state index is 11.9. The lowest BCUT2D eigenvalue weighted by Crippen LogP contribution is -2.31. The second kappa shape index (κ2) is 5.91. The summed E-state index contributed by atoms with van der Waals surface area (Å²) < 4.78 is 2.03. The zero-order valence-electron chi connectivity index (χ0n) is 14.9. The Morgan fingerprint density at radius 3 is 2.56 bits per heavy atom. The number of aromatic nitrogens is 3. The van der Waals surface area contributed by atoms with Gasteiger partial charge in [0.15, 0.2) is 5.69 Å². The molecule has 5 rings (SSSR count). The Hall–Kier alpha value is -3.21. The Labute approximate surface area is 157 Å². The lowest BCUT2D eigenvalue weighted by Gasteiger charge is -2.34. The minimum absolute atomic E-state index is 0.343. The van der Waals surface area contributed by atoms with Crippen LogP contribution < -0.4 is 5.73 Å². The van der Waals surface area contributed by atoms with Gasteiger partial charge < -0.3 is 5.73 Å². The third kappa shape index (κ3) is 2.50. The van der Waals surface area contributed by atoms with Gasteiger partial charge in [-0.25, -0.2) is 0 Å². The number of hydrogen-bond donors (Lipinski definition) is 1. The topological polar surface area (TPSA) is 73.8 Å². The molecule has 134 valence electrons. The number of carbonyl (C=O) groups excluding carboxylic acids is 1. The molecule has 1 atom stereocenters. The van der Waals surface area contributed by atoms with Crippen LogP contribution in [0.2, 0.25) is 0 Å². The quantitative estimate of drug-likeness (QED) is 0.780. The van der Waals surface area contributed by atoms with Crippen molar-refractivity contribution in [1.82, 2.24) is 14.8 Å². The second-order valence-electron chi connectivity index (χ2n) is 7.34. The molecule has 27 heavy (non-hydrogen) atoms. The van der Waals surface area contributed by atoms with Crippen molar-refractivity contribution in [3.05, 3.63) is 89.0 Å². The first-order chi connectivity index (χ1) is 13.2. The van der Waals surface area contributed by atoms with Crippen LogP contribution in [-0.4, -0.2) is 20.7 Å². The Kier molecular flexibility index (Phi) is 3.50. The maximum atomic E-state index is 11.9. The van der Waals surface area contributed by atoms with E-state index in [1.165, 1.54) is 5.56 Å². The number of amides is 1. The third-order valence-electron chi connectivity index (χ3n) is 5.62. The van der Waals surface area contributed by atoms with E-state index in [0.717, 1.165) is 36.1 Å². The number of nitrogens with two attached hydrogens (primary N) is 1. The number of fused-ring (bicyclic) bond motifs is 1.